The normalized spacial score (nSPS) is 10.6. The van der Waals surface area contributed by atoms with Gasteiger partial charge in [0, 0.05) is 24.2 Å². The molecule has 4 rings (SSSR count). The van der Waals surface area contributed by atoms with E-state index in [1.165, 1.54) is 0 Å². The summed E-state index contributed by atoms with van der Waals surface area (Å²) in [5.41, 5.74) is 4.14. The smallest absolute Gasteiger partial charge is 0.134 e. The second kappa shape index (κ2) is 7.57. The van der Waals surface area contributed by atoms with Crippen molar-refractivity contribution in [2.45, 2.75) is 13.1 Å². The number of benzene rings is 1. The molecule has 0 aliphatic heterocycles. The molecule has 0 unspecified atom stereocenters. The van der Waals surface area contributed by atoms with Gasteiger partial charge >= 0.3 is 0 Å². The van der Waals surface area contributed by atoms with Crippen LogP contribution in [-0.4, -0.2) is 25.0 Å². The molecule has 6 heteroatoms. The van der Waals surface area contributed by atoms with Crippen LogP contribution >= 0.6 is 0 Å². The van der Waals surface area contributed by atoms with Gasteiger partial charge in [0.2, 0.25) is 0 Å². The van der Waals surface area contributed by atoms with Crippen LogP contribution in [0.25, 0.3) is 11.1 Å². The number of hydrogen-bond donors (Lipinski definition) is 1. The van der Waals surface area contributed by atoms with E-state index < -0.39 is 0 Å². The highest BCUT2D eigenvalue weighted by Crippen LogP contribution is 2.25. The number of pyridine rings is 2. The molecule has 0 atom stereocenters. The summed E-state index contributed by atoms with van der Waals surface area (Å²) in [4.78, 5) is 8.59. The van der Waals surface area contributed by atoms with Gasteiger partial charge in [-0.25, -0.2) is 9.67 Å². The van der Waals surface area contributed by atoms with Gasteiger partial charge in [0.1, 0.15) is 11.5 Å². The van der Waals surface area contributed by atoms with Crippen molar-refractivity contribution in [3.05, 3.63) is 90.6 Å². The molecule has 0 saturated carbocycles. The van der Waals surface area contributed by atoms with E-state index >= 15 is 0 Å². The van der Waals surface area contributed by atoms with Crippen LogP contribution in [0.1, 0.15) is 11.3 Å². The van der Waals surface area contributed by atoms with E-state index in [-0.39, 0.29) is 0 Å². The fourth-order valence-corrected chi connectivity index (χ4v) is 2.75. The lowest BCUT2D eigenvalue weighted by molar-refractivity contribution is 0.648. The quantitative estimate of drug-likeness (QED) is 0.582. The van der Waals surface area contributed by atoms with Crippen LogP contribution < -0.4 is 5.32 Å². The van der Waals surface area contributed by atoms with Crippen molar-refractivity contribution in [3.8, 4) is 11.1 Å². The van der Waals surface area contributed by atoms with Crippen LogP contribution in [0, 0.1) is 0 Å². The van der Waals surface area contributed by atoms with Gasteiger partial charge in [0.15, 0.2) is 0 Å². The van der Waals surface area contributed by atoms with Gasteiger partial charge in [0.25, 0.3) is 0 Å². The summed E-state index contributed by atoms with van der Waals surface area (Å²) < 4.78 is 1.81. The van der Waals surface area contributed by atoms with E-state index in [1.807, 2.05) is 53.5 Å². The number of aromatic nitrogens is 5. The summed E-state index contributed by atoms with van der Waals surface area (Å²) in [5.74, 6) is 0.834. The van der Waals surface area contributed by atoms with E-state index in [9.17, 15) is 0 Å². The maximum absolute atomic E-state index is 4.47. The van der Waals surface area contributed by atoms with E-state index in [4.69, 9.17) is 0 Å². The standard InChI is InChI=1S/C20H18N6/c1-2-7-17(8-3-1)19-9-5-11-22-20(19)23-13-18-15-26(25-24-18)14-16-6-4-10-21-12-16/h1-12,15H,13-14H2,(H,22,23). The topological polar surface area (TPSA) is 68.5 Å². The zero-order chi connectivity index (χ0) is 17.6. The van der Waals surface area contributed by atoms with E-state index in [0.717, 1.165) is 28.2 Å². The van der Waals surface area contributed by atoms with Crippen molar-refractivity contribution in [1.82, 2.24) is 25.0 Å². The molecule has 0 bridgehead atoms. The van der Waals surface area contributed by atoms with E-state index in [0.29, 0.717) is 13.1 Å². The molecule has 3 heterocycles. The molecule has 1 aromatic carbocycles. The number of hydrogen-bond acceptors (Lipinski definition) is 5. The number of rotatable bonds is 6. The Balaban J connectivity index is 1.45. The Kier molecular flexibility index (Phi) is 4.64. The molecule has 0 spiro atoms. The highest BCUT2D eigenvalue weighted by molar-refractivity contribution is 5.74. The molecule has 0 saturated heterocycles. The van der Waals surface area contributed by atoms with Crippen molar-refractivity contribution in [2.75, 3.05) is 5.32 Å². The lowest BCUT2D eigenvalue weighted by atomic mass is 10.1. The minimum absolute atomic E-state index is 0.559. The Morgan fingerprint density at radius 2 is 1.81 bits per heavy atom. The van der Waals surface area contributed by atoms with Crippen LogP contribution in [0.15, 0.2) is 79.4 Å². The van der Waals surface area contributed by atoms with E-state index in [1.54, 1.807) is 12.4 Å². The molecule has 128 valence electrons. The molecule has 3 aromatic heterocycles. The van der Waals surface area contributed by atoms with Crippen molar-refractivity contribution in [1.29, 1.82) is 0 Å². The first-order chi connectivity index (χ1) is 12.9. The van der Waals surface area contributed by atoms with Crippen molar-refractivity contribution in [2.24, 2.45) is 0 Å². The minimum atomic E-state index is 0.559. The first-order valence-electron chi connectivity index (χ1n) is 8.41. The summed E-state index contributed by atoms with van der Waals surface area (Å²) in [5, 5.41) is 11.8. The molecular formula is C20H18N6. The maximum atomic E-state index is 4.47. The highest BCUT2D eigenvalue weighted by Gasteiger charge is 2.07. The van der Waals surface area contributed by atoms with Crippen LogP contribution in [0.5, 0.6) is 0 Å². The molecule has 0 fully saturated rings. The Labute approximate surface area is 151 Å². The van der Waals surface area contributed by atoms with Gasteiger partial charge in [0.05, 0.1) is 19.3 Å². The van der Waals surface area contributed by atoms with Gasteiger partial charge in [-0.2, -0.15) is 0 Å². The molecule has 0 aliphatic carbocycles. The largest absolute Gasteiger partial charge is 0.364 e. The Hall–Kier alpha value is -3.54. The van der Waals surface area contributed by atoms with Gasteiger partial charge in [-0.1, -0.05) is 41.6 Å². The summed E-state index contributed by atoms with van der Waals surface area (Å²) in [6.07, 6.45) is 7.32. The third kappa shape index (κ3) is 3.75. The van der Waals surface area contributed by atoms with Gasteiger partial charge in [-0.05, 0) is 29.3 Å². The molecule has 0 radical (unpaired) electrons. The van der Waals surface area contributed by atoms with E-state index in [2.05, 4.69) is 43.8 Å². The third-order valence-corrected chi connectivity index (χ3v) is 3.98. The molecule has 0 amide bonds. The average molecular weight is 342 g/mol. The summed E-state index contributed by atoms with van der Waals surface area (Å²) in [6, 6.07) is 18.1. The van der Waals surface area contributed by atoms with Gasteiger partial charge < -0.3 is 5.32 Å². The first kappa shape index (κ1) is 16.0. The maximum Gasteiger partial charge on any atom is 0.134 e. The molecule has 4 aromatic rings. The first-order valence-corrected chi connectivity index (χ1v) is 8.41. The van der Waals surface area contributed by atoms with Crippen LogP contribution in [0.2, 0.25) is 0 Å². The second-order valence-corrected chi connectivity index (χ2v) is 5.89. The van der Waals surface area contributed by atoms with Crippen LogP contribution in [-0.2, 0) is 13.1 Å². The number of anilines is 1. The Bertz CT molecular complexity index is 966. The molecular weight excluding hydrogens is 324 g/mol. The molecule has 0 aliphatic rings. The number of nitrogens with one attached hydrogen (secondary N) is 1. The van der Waals surface area contributed by atoms with Crippen LogP contribution in [0.4, 0.5) is 5.82 Å². The lowest BCUT2D eigenvalue weighted by Crippen LogP contribution is -2.03. The Morgan fingerprint density at radius 1 is 0.923 bits per heavy atom. The third-order valence-electron chi connectivity index (χ3n) is 3.98. The zero-order valence-electron chi connectivity index (χ0n) is 14.2. The molecule has 1 N–H and O–H groups in total. The highest BCUT2D eigenvalue weighted by atomic mass is 15.4. The summed E-state index contributed by atoms with van der Waals surface area (Å²) in [6.45, 7) is 1.21. The minimum Gasteiger partial charge on any atom is -0.364 e. The van der Waals surface area contributed by atoms with Gasteiger partial charge in [-0.15, -0.1) is 5.10 Å². The second-order valence-electron chi connectivity index (χ2n) is 5.89. The summed E-state index contributed by atoms with van der Waals surface area (Å²) in [7, 11) is 0. The lowest BCUT2D eigenvalue weighted by Gasteiger charge is -2.09. The zero-order valence-corrected chi connectivity index (χ0v) is 14.2. The molecule has 26 heavy (non-hydrogen) atoms. The number of nitrogens with zero attached hydrogens (tertiary/aromatic N) is 5. The monoisotopic (exact) mass is 342 g/mol. The van der Waals surface area contributed by atoms with Crippen LogP contribution in [0.3, 0.4) is 0 Å². The summed E-state index contributed by atoms with van der Waals surface area (Å²) >= 11 is 0. The average Bonchev–Trinajstić information content (AvgIpc) is 3.15. The SMILES string of the molecule is c1ccc(-c2cccnc2NCc2cn(Cc3cccnc3)nn2)cc1. The van der Waals surface area contributed by atoms with Crippen molar-refractivity contribution >= 4 is 5.82 Å². The predicted molar refractivity (Wildman–Crippen MR) is 100 cm³/mol. The Morgan fingerprint density at radius 3 is 2.65 bits per heavy atom. The predicted octanol–water partition coefficient (Wildman–Crippen LogP) is 3.40. The fourth-order valence-electron chi connectivity index (χ4n) is 2.75. The van der Waals surface area contributed by atoms with Gasteiger partial charge in [-0.3, -0.25) is 4.98 Å². The fraction of sp³-hybridized carbons (Fsp3) is 0.100. The molecule has 6 nitrogen and oxygen atoms in total. The van der Waals surface area contributed by atoms with Crippen molar-refractivity contribution in [3.63, 3.8) is 0 Å². The van der Waals surface area contributed by atoms with Crippen molar-refractivity contribution < 1.29 is 0 Å².